The molecule has 0 heterocycles. The Morgan fingerprint density at radius 2 is 1.74 bits per heavy atom. The SMILES string of the molecule is CNC1CCC(N(C)C(C)c2ccc(I)cc2)CC1. The van der Waals surface area contributed by atoms with Gasteiger partial charge in [0.1, 0.15) is 0 Å². The second-order valence-electron chi connectivity index (χ2n) is 5.69. The maximum Gasteiger partial charge on any atom is 0.0319 e. The fourth-order valence-electron chi connectivity index (χ4n) is 3.06. The van der Waals surface area contributed by atoms with E-state index in [1.807, 2.05) is 0 Å². The predicted octanol–water partition coefficient (Wildman–Crippen LogP) is 3.81. The molecule has 2 nitrogen and oxygen atoms in total. The molecule has 106 valence electrons. The molecular formula is C16H25IN2. The predicted molar refractivity (Wildman–Crippen MR) is 90.4 cm³/mol. The van der Waals surface area contributed by atoms with Crippen LogP contribution in [0.3, 0.4) is 0 Å². The molecule has 0 saturated heterocycles. The van der Waals surface area contributed by atoms with Gasteiger partial charge in [-0.2, -0.15) is 0 Å². The van der Waals surface area contributed by atoms with E-state index in [9.17, 15) is 0 Å². The van der Waals surface area contributed by atoms with E-state index in [0.717, 1.165) is 12.1 Å². The molecule has 1 unspecified atom stereocenters. The third kappa shape index (κ3) is 3.92. The molecule has 1 aliphatic rings. The highest BCUT2D eigenvalue weighted by Gasteiger charge is 2.26. The number of nitrogens with one attached hydrogen (secondary N) is 1. The summed E-state index contributed by atoms with van der Waals surface area (Å²) >= 11 is 2.37. The summed E-state index contributed by atoms with van der Waals surface area (Å²) in [6, 6.07) is 10.9. The molecule has 1 atom stereocenters. The molecule has 1 fully saturated rings. The van der Waals surface area contributed by atoms with Crippen molar-refractivity contribution < 1.29 is 0 Å². The lowest BCUT2D eigenvalue weighted by molar-refractivity contribution is 0.136. The summed E-state index contributed by atoms with van der Waals surface area (Å²) < 4.78 is 1.31. The Labute approximate surface area is 131 Å². The minimum atomic E-state index is 0.508. The minimum absolute atomic E-state index is 0.508. The van der Waals surface area contributed by atoms with E-state index in [0.29, 0.717) is 6.04 Å². The van der Waals surface area contributed by atoms with Gasteiger partial charge in [0.15, 0.2) is 0 Å². The Kier molecular flexibility index (Phi) is 5.66. The lowest BCUT2D eigenvalue weighted by Gasteiger charge is -2.38. The number of hydrogen-bond donors (Lipinski definition) is 1. The second kappa shape index (κ2) is 7.04. The quantitative estimate of drug-likeness (QED) is 0.809. The van der Waals surface area contributed by atoms with Crippen LogP contribution in [0.15, 0.2) is 24.3 Å². The summed E-state index contributed by atoms with van der Waals surface area (Å²) in [4.78, 5) is 2.56. The summed E-state index contributed by atoms with van der Waals surface area (Å²) in [5.41, 5.74) is 1.43. The molecule has 1 aromatic carbocycles. The molecule has 0 aliphatic heterocycles. The van der Waals surface area contributed by atoms with Gasteiger partial charge in [-0.05, 0) is 87.0 Å². The van der Waals surface area contributed by atoms with Crippen molar-refractivity contribution in [3.8, 4) is 0 Å². The highest BCUT2D eigenvalue weighted by Crippen LogP contribution is 2.29. The first-order valence-corrected chi connectivity index (χ1v) is 8.34. The van der Waals surface area contributed by atoms with Gasteiger partial charge < -0.3 is 5.32 Å². The third-order valence-corrected chi connectivity index (χ3v) is 5.36. The summed E-state index contributed by atoms with van der Waals surface area (Å²) in [6.07, 6.45) is 5.25. The monoisotopic (exact) mass is 372 g/mol. The molecule has 0 spiro atoms. The molecule has 1 N–H and O–H groups in total. The number of rotatable bonds is 4. The first-order valence-electron chi connectivity index (χ1n) is 7.26. The normalized spacial score (nSPS) is 25.5. The minimum Gasteiger partial charge on any atom is -0.317 e. The van der Waals surface area contributed by atoms with Crippen molar-refractivity contribution in [1.29, 1.82) is 0 Å². The lowest BCUT2D eigenvalue weighted by atomic mass is 9.89. The smallest absolute Gasteiger partial charge is 0.0319 e. The Bertz CT molecular complexity index is 382. The van der Waals surface area contributed by atoms with Crippen molar-refractivity contribution in [2.75, 3.05) is 14.1 Å². The van der Waals surface area contributed by atoms with Crippen LogP contribution in [0.25, 0.3) is 0 Å². The highest BCUT2D eigenvalue weighted by molar-refractivity contribution is 14.1. The van der Waals surface area contributed by atoms with Crippen molar-refractivity contribution in [1.82, 2.24) is 10.2 Å². The average Bonchev–Trinajstić information content (AvgIpc) is 2.46. The van der Waals surface area contributed by atoms with Crippen molar-refractivity contribution in [2.24, 2.45) is 0 Å². The molecule has 1 saturated carbocycles. The van der Waals surface area contributed by atoms with Crippen LogP contribution in [-0.4, -0.2) is 31.1 Å². The van der Waals surface area contributed by atoms with E-state index in [1.165, 1.54) is 34.8 Å². The van der Waals surface area contributed by atoms with Crippen molar-refractivity contribution in [3.05, 3.63) is 33.4 Å². The molecule has 2 rings (SSSR count). The molecule has 0 radical (unpaired) electrons. The zero-order valence-corrected chi connectivity index (χ0v) is 14.4. The van der Waals surface area contributed by atoms with Gasteiger partial charge in [-0.25, -0.2) is 0 Å². The number of hydrogen-bond acceptors (Lipinski definition) is 2. The topological polar surface area (TPSA) is 15.3 Å². The lowest BCUT2D eigenvalue weighted by Crippen LogP contribution is -2.40. The summed E-state index contributed by atoms with van der Waals surface area (Å²) in [6.45, 7) is 2.33. The van der Waals surface area contributed by atoms with Crippen LogP contribution in [0.2, 0.25) is 0 Å². The molecular weight excluding hydrogens is 347 g/mol. The Morgan fingerprint density at radius 1 is 1.16 bits per heavy atom. The summed E-state index contributed by atoms with van der Waals surface area (Å²) in [7, 11) is 4.37. The van der Waals surface area contributed by atoms with Crippen LogP contribution in [0.5, 0.6) is 0 Å². The van der Waals surface area contributed by atoms with Crippen molar-refractivity contribution >= 4 is 22.6 Å². The zero-order chi connectivity index (χ0) is 13.8. The van der Waals surface area contributed by atoms with Gasteiger partial charge in [-0.3, -0.25) is 4.90 Å². The van der Waals surface area contributed by atoms with E-state index in [4.69, 9.17) is 0 Å². The molecule has 1 aliphatic carbocycles. The first-order chi connectivity index (χ1) is 9.11. The van der Waals surface area contributed by atoms with Gasteiger partial charge >= 0.3 is 0 Å². The zero-order valence-electron chi connectivity index (χ0n) is 12.2. The Morgan fingerprint density at radius 3 is 2.26 bits per heavy atom. The van der Waals surface area contributed by atoms with E-state index < -0.39 is 0 Å². The van der Waals surface area contributed by atoms with Gasteiger partial charge in [0.05, 0.1) is 0 Å². The first kappa shape index (κ1) is 15.3. The standard InChI is InChI=1S/C16H25IN2/c1-12(13-4-6-14(17)7-5-13)19(3)16-10-8-15(18-2)9-11-16/h4-7,12,15-16,18H,8-11H2,1-3H3. The van der Waals surface area contributed by atoms with Crippen LogP contribution >= 0.6 is 22.6 Å². The molecule has 1 aromatic rings. The van der Waals surface area contributed by atoms with Gasteiger partial charge in [-0.1, -0.05) is 12.1 Å². The van der Waals surface area contributed by atoms with E-state index >= 15 is 0 Å². The Hall–Kier alpha value is -0.130. The fourth-order valence-corrected chi connectivity index (χ4v) is 3.42. The molecule has 0 bridgehead atoms. The number of nitrogens with zero attached hydrogens (tertiary/aromatic N) is 1. The van der Waals surface area contributed by atoms with Crippen LogP contribution < -0.4 is 5.32 Å². The van der Waals surface area contributed by atoms with Gasteiger partial charge in [-0.15, -0.1) is 0 Å². The van der Waals surface area contributed by atoms with E-state index in [2.05, 4.69) is 78.1 Å². The number of halogens is 1. The van der Waals surface area contributed by atoms with Gasteiger partial charge in [0, 0.05) is 21.7 Å². The van der Waals surface area contributed by atoms with Crippen LogP contribution in [-0.2, 0) is 0 Å². The molecule has 0 amide bonds. The molecule has 3 heteroatoms. The summed E-state index contributed by atoms with van der Waals surface area (Å²) in [5, 5.41) is 3.41. The van der Waals surface area contributed by atoms with Crippen LogP contribution in [0.1, 0.15) is 44.2 Å². The van der Waals surface area contributed by atoms with Gasteiger partial charge in [0.25, 0.3) is 0 Å². The second-order valence-corrected chi connectivity index (χ2v) is 6.93. The van der Waals surface area contributed by atoms with Crippen molar-refractivity contribution in [2.45, 2.75) is 50.7 Å². The van der Waals surface area contributed by atoms with Crippen molar-refractivity contribution in [3.63, 3.8) is 0 Å². The largest absolute Gasteiger partial charge is 0.317 e. The Balaban J connectivity index is 1.95. The van der Waals surface area contributed by atoms with Gasteiger partial charge in [0.2, 0.25) is 0 Å². The summed E-state index contributed by atoms with van der Waals surface area (Å²) in [5.74, 6) is 0. The maximum absolute atomic E-state index is 3.41. The average molecular weight is 372 g/mol. The molecule has 0 aromatic heterocycles. The van der Waals surface area contributed by atoms with E-state index in [-0.39, 0.29) is 0 Å². The van der Waals surface area contributed by atoms with E-state index in [1.54, 1.807) is 0 Å². The third-order valence-electron chi connectivity index (χ3n) is 4.64. The number of benzene rings is 1. The molecule has 19 heavy (non-hydrogen) atoms. The van der Waals surface area contributed by atoms with Crippen LogP contribution in [0.4, 0.5) is 0 Å². The fraction of sp³-hybridized carbons (Fsp3) is 0.625. The maximum atomic E-state index is 3.41. The van der Waals surface area contributed by atoms with Crippen LogP contribution in [0, 0.1) is 3.57 Å². The highest BCUT2D eigenvalue weighted by atomic mass is 127.